The standard InChI is InChI=1S/C14H29N3/c1-3-13-11-16(2)8-5-9-17(13)14-7-4-6-12(15)10-14/h12-14H,3-11,15H2,1-2H3. The molecule has 1 saturated carbocycles. The third-order valence-corrected chi connectivity index (χ3v) is 4.57. The van der Waals surface area contributed by atoms with Crippen LogP contribution < -0.4 is 5.73 Å². The molecule has 2 N–H and O–H groups in total. The van der Waals surface area contributed by atoms with E-state index in [-0.39, 0.29) is 0 Å². The highest BCUT2D eigenvalue weighted by molar-refractivity contribution is 4.88. The molecule has 3 heteroatoms. The van der Waals surface area contributed by atoms with Crippen molar-refractivity contribution in [1.29, 1.82) is 0 Å². The molecule has 1 heterocycles. The zero-order valence-corrected chi connectivity index (χ0v) is 11.6. The van der Waals surface area contributed by atoms with Crippen molar-refractivity contribution in [2.75, 3.05) is 26.7 Å². The van der Waals surface area contributed by atoms with Crippen LogP contribution in [-0.2, 0) is 0 Å². The van der Waals surface area contributed by atoms with Crippen molar-refractivity contribution in [3.63, 3.8) is 0 Å². The second kappa shape index (κ2) is 6.17. The molecule has 2 rings (SSSR count). The van der Waals surface area contributed by atoms with Crippen molar-refractivity contribution < 1.29 is 0 Å². The summed E-state index contributed by atoms with van der Waals surface area (Å²) >= 11 is 0. The van der Waals surface area contributed by atoms with Crippen molar-refractivity contribution in [1.82, 2.24) is 9.80 Å². The van der Waals surface area contributed by atoms with Crippen LogP contribution in [-0.4, -0.2) is 54.6 Å². The lowest BCUT2D eigenvalue weighted by Crippen LogP contribution is -2.49. The molecule has 0 bridgehead atoms. The maximum absolute atomic E-state index is 6.15. The van der Waals surface area contributed by atoms with E-state index in [9.17, 15) is 0 Å². The SMILES string of the molecule is CCC1CN(C)CCCN1C1CCCC(N)C1. The molecule has 0 aromatic rings. The Bertz CT molecular complexity index is 232. The molecular weight excluding hydrogens is 210 g/mol. The van der Waals surface area contributed by atoms with Crippen LogP contribution in [0.2, 0.25) is 0 Å². The molecule has 100 valence electrons. The summed E-state index contributed by atoms with van der Waals surface area (Å²) in [5, 5.41) is 0. The molecule has 0 amide bonds. The topological polar surface area (TPSA) is 32.5 Å². The van der Waals surface area contributed by atoms with Gasteiger partial charge in [-0.15, -0.1) is 0 Å². The Balaban J connectivity index is 2.00. The lowest BCUT2D eigenvalue weighted by Gasteiger charge is -2.40. The van der Waals surface area contributed by atoms with Gasteiger partial charge in [-0.1, -0.05) is 13.3 Å². The minimum absolute atomic E-state index is 0.451. The third-order valence-electron chi connectivity index (χ3n) is 4.57. The second-order valence-corrected chi connectivity index (χ2v) is 6.00. The highest BCUT2D eigenvalue weighted by Crippen LogP contribution is 2.26. The van der Waals surface area contributed by atoms with Gasteiger partial charge in [-0.05, 0) is 52.2 Å². The minimum Gasteiger partial charge on any atom is -0.328 e. The van der Waals surface area contributed by atoms with Crippen LogP contribution in [0.15, 0.2) is 0 Å². The van der Waals surface area contributed by atoms with E-state index in [2.05, 4.69) is 23.8 Å². The quantitative estimate of drug-likeness (QED) is 0.795. The van der Waals surface area contributed by atoms with Crippen LogP contribution in [0.3, 0.4) is 0 Å². The fraction of sp³-hybridized carbons (Fsp3) is 1.00. The first-order chi connectivity index (χ1) is 8.20. The van der Waals surface area contributed by atoms with E-state index in [0.717, 1.165) is 12.1 Å². The van der Waals surface area contributed by atoms with E-state index in [1.165, 1.54) is 58.2 Å². The lowest BCUT2D eigenvalue weighted by atomic mass is 9.89. The third kappa shape index (κ3) is 3.43. The average molecular weight is 239 g/mol. The van der Waals surface area contributed by atoms with Crippen molar-refractivity contribution in [2.24, 2.45) is 5.73 Å². The molecule has 0 spiro atoms. The van der Waals surface area contributed by atoms with Crippen molar-refractivity contribution in [2.45, 2.75) is 63.6 Å². The Morgan fingerprint density at radius 1 is 1.18 bits per heavy atom. The van der Waals surface area contributed by atoms with Gasteiger partial charge in [0.2, 0.25) is 0 Å². The van der Waals surface area contributed by atoms with E-state index in [0.29, 0.717) is 6.04 Å². The molecule has 3 atom stereocenters. The predicted octanol–water partition coefficient (Wildman–Crippen LogP) is 1.67. The first kappa shape index (κ1) is 13.3. The van der Waals surface area contributed by atoms with Crippen LogP contribution in [0.4, 0.5) is 0 Å². The molecule has 1 saturated heterocycles. The number of rotatable bonds is 2. The average Bonchev–Trinajstić information content (AvgIpc) is 2.50. The van der Waals surface area contributed by atoms with Gasteiger partial charge in [-0.2, -0.15) is 0 Å². The van der Waals surface area contributed by atoms with Gasteiger partial charge in [0.15, 0.2) is 0 Å². The van der Waals surface area contributed by atoms with Gasteiger partial charge in [-0.25, -0.2) is 0 Å². The van der Waals surface area contributed by atoms with Gasteiger partial charge in [0.05, 0.1) is 0 Å². The first-order valence-electron chi connectivity index (χ1n) is 7.40. The van der Waals surface area contributed by atoms with Gasteiger partial charge < -0.3 is 10.6 Å². The van der Waals surface area contributed by atoms with Gasteiger partial charge in [0.1, 0.15) is 0 Å². The molecule has 1 aliphatic heterocycles. The minimum atomic E-state index is 0.451. The molecular formula is C14H29N3. The van der Waals surface area contributed by atoms with Gasteiger partial charge in [0.25, 0.3) is 0 Å². The summed E-state index contributed by atoms with van der Waals surface area (Å²) < 4.78 is 0. The van der Waals surface area contributed by atoms with Crippen LogP contribution >= 0.6 is 0 Å². The highest BCUT2D eigenvalue weighted by atomic mass is 15.2. The van der Waals surface area contributed by atoms with Gasteiger partial charge in [-0.3, -0.25) is 4.90 Å². The smallest absolute Gasteiger partial charge is 0.0223 e. The maximum atomic E-state index is 6.15. The van der Waals surface area contributed by atoms with Crippen molar-refractivity contribution in [3.8, 4) is 0 Å². The zero-order valence-electron chi connectivity index (χ0n) is 11.6. The van der Waals surface area contributed by atoms with E-state index in [1.807, 2.05) is 0 Å². The van der Waals surface area contributed by atoms with E-state index >= 15 is 0 Å². The van der Waals surface area contributed by atoms with E-state index in [1.54, 1.807) is 0 Å². The summed E-state index contributed by atoms with van der Waals surface area (Å²) in [6, 6.07) is 1.96. The molecule has 1 aliphatic carbocycles. The zero-order chi connectivity index (χ0) is 12.3. The van der Waals surface area contributed by atoms with Gasteiger partial charge in [0, 0.05) is 24.7 Å². The number of nitrogens with two attached hydrogens (primary N) is 1. The van der Waals surface area contributed by atoms with E-state index < -0.39 is 0 Å². The molecule has 2 aliphatic rings. The maximum Gasteiger partial charge on any atom is 0.0223 e. The molecule has 0 aromatic carbocycles. The lowest BCUT2D eigenvalue weighted by molar-refractivity contribution is 0.0956. The van der Waals surface area contributed by atoms with Crippen LogP contribution in [0.5, 0.6) is 0 Å². The Hall–Kier alpha value is -0.120. The van der Waals surface area contributed by atoms with Crippen LogP contribution in [0.1, 0.15) is 45.4 Å². The number of likely N-dealkylation sites (N-methyl/N-ethyl adjacent to an activating group) is 1. The Morgan fingerprint density at radius 3 is 2.71 bits per heavy atom. The molecule has 0 aromatic heterocycles. The van der Waals surface area contributed by atoms with Crippen LogP contribution in [0.25, 0.3) is 0 Å². The monoisotopic (exact) mass is 239 g/mol. The number of nitrogens with zero attached hydrogens (tertiary/aromatic N) is 2. The Morgan fingerprint density at radius 2 is 2.00 bits per heavy atom. The Labute approximate surface area is 106 Å². The van der Waals surface area contributed by atoms with Gasteiger partial charge >= 0.3 is 0 Å². The molecule has 17 heavy (non-hydrogen) atoms. The molecule has 0 radical (unpaired) electrons. The first-order valence-corrected chi connectivity index (χ1v) is 7.40. The largest absolute Gasteiger partial charge is 0.328 e. The second-order valence-electron chi connectivity index (χ2n) is 6.00. The molecule has 2 fully saturated rings. The fourth-order valence-electron chi connectivity index (χ4n) is 3.61. The normalized spacial score (nSPS) is 37.9. The summed E-state index contributed by atoms with van der Waals surface area (Å²) in [5.74, 6) is 0. The summed E-state index contributed by atoms with van der Waals surface area (Å²) in [5.41, 5.74) is 6.15. The number of hydrogen-bond acceptors (Lipinski definition) is 3. The summed E-state index contributed by atoms with van der Waals surface area (Å²) in [4.78, 5) is 5.28. The van der Waals surface area contributed by atoms with Crippen molar-refractivity contribution in [3.05, 3.63) is 0 Å². The fourth-order valence-corrected chi connectivity index (χ4v) is 3.61. The van der Waals surface area contributed by atoms with Crippen LogP contribution in [0, 0.1) is 0 Å². The summed E-state index contributed by atoms with van der Waals surface area (Å²) in [6.07, 6.45) is 7.75. The summed E-state index contributed by atoms with van der Waals surface area (Å²) in [6.45, 7) is 6.10. The van der Waals surface area contributed by atoms with Crippen molar-refractivity contribution >= 4 is 0 Å². The van der Waals surface area contributed by atoms with E-state index in [4.69, 9.17) is 5.73 Å². The molecule has 3 unspecified atom stereocenters. The Kier molecular flexibility index (Phi) is 4.83. The number of hydrogen-bond donors (Lipinski definition) is 1. The summed E-state index contributed by atoms with van der Waals surface area (Å²) in [7, 11) is 2.26. The molecule has 3 nitrogen and oxygen atoms in total. The highest BCUT2D eigenvalue weighted by Gasteiger charge is 2.30. The predicted molar refractivity (Wildman–Crippen MR) is 73.1 cm³/mol.